The van der Waals surface area contributed by atoms with Gasteiger partial charge in [0, 0.05) is 44.7 Å². The number of nitrogens with zero attached hydrogens (tertiary/aromatic N) is 3. The van der Waals surface area contributed by atoms with Crippen molar-refractivity contribution in [1.82, 2.24) is 9.80 Å². The molecule has 0 saturated carbocycles. The molecule has 1 amide bonds. The monoisotopic (exact) mass is 347 g/mol. The summed E-state index contributed by atoms with van der Waals surface area (Å²) in [6.45, 7) is 4.83. The average Bonchev–Trinajstić information content (AvgIpc) is 3.16. The van der Waals surface area contributed by atoms with Crippen LogP contribution in [0.5, 0.6) is 5.75 Å². The van der Waals surface area contributed by atoms with Gasteiger partial charge in [0.1, 0.15) is 5.75 Å². The van der Waals surface area contributed by atoms with Gasteiger partial charge in [0.05, 0.1) is 18.2 Å². The largest absolute Gasteiger partial charge is 0.493 e. The van der Waals surface area contributed by atoms with Gasteiger partial charge in [-0.2, -0.15) is 5.26 Å². The Morgan fingerprint density at radius 3 is 2.77 bits per heavy atom. The first kappa shape index (κ1) is 16.6. The van der Waals surface area contributed by atoms with Crippen LogP contribution in [0.15, 0.2) is 42.5 Å². The number of nitriles is 1. The highest BCUT2D eigenvalue weighted by Gasteiger charge is 2.22. The summed E-state index contributed by atoms with van der Waals surface area (Å²) in [5.74, 6) is 1.03. The maximum Gasteiger partial charge on any atom is 0.253 e. The Morgan fingerprint density at radius 2 is 1.96 bits per heavy atom. The second kappa shape index (κ2) is 7.19. The van der Waals surface area contributed by atoms with E-state index in [0.717, 1.165) is 38.4 Å². The van der Waals surface area contributed by atoms with E-state index in [1.54, 1.807) is 24.3 Å². The van der Waals surface area contributed by atoms with Crippen molar-refractivity contribution in [1.29, 1.82) is 5.26 Å². The quantitative estimate of drug-likeness (QED) is 0.856. The van der Waals surface area contributed by atoms with E-state index in [2.05, 4.69) is 29.2 Å². The fraction of sp³-hybridized carbons (Fsp3) is 0.333. The molecule has 26 heavy (non-hydrogen) atoms. The normalized spacial score (nSPS) is 16.7. The number of benzene rings is 2. The molecule has 0 bridgehead atoms. The molecule has 2 aromatic rings. The molecular formula is C21H21N3O2. The van der Waals surface area contributed by atoms with Crippen LogP contribution in [0.3, 0.4) is 0 Å². The highest BCUT2D eigenvalue weighted by molar-refractivity contribution is 5.94. The molecule has 2 aliphatic heterocycles. The molecule has 0 radical (unpaired) electrons. The number of ether oxygens (including phenoxy) is 1. The molecule has 0 unspecified atom stereocenters. The molecule has 0 aliphatic carbocycles. The SMILES string of the molecule is N#Cc1cccc(C(=O)N2CCN(Cc3ccc4c(c3)CCO4)CC2)c1. The standard InChI is InChI=1S/C21H21N3O2/c22-14-16-2-1-3-19(12-16)21(25)24-9-7-23(8-10-24)15-17-4-5-20-18(13-17)6-11-26-20/h1-5,12-13H,6-11,15H2. The third-order valence-corrected chi connectivity index (χ3v) is 5.06. The Labute approximate surface area is 153 Å². The van der Waals surface area contributed by atoms with Gasteiger partial charge in [-0.15, -0.1) is 0 Å². The van der Waals surface area contributed by atoms with Crippen molar-refractivity contribution in [2.45, 2.75) is 13.0 Å². The minimum atomic E-state index is 0.0106. The van der Waals surface area contributed by atoms with Crippen LogP contribution >= 0.6 is 0 Å². The maximum absolute atomic E-state index is 12.6. The van der Waals surface area contributed by atoms with Crippen molar-refractivity contribution in [2.75, 3.05) is 32.8 Å². The predicted molar refractivity (Wildman–Crippen MR) is 98.0 cm³/mol. The van der Waals surface area contributed by atoms with Gasteiger partial charge < -0.3 is 9.64 Å². The molecule has 1 saturated heterocycles. The fourth-order valence-electron chi connectivity index (χ4n) is 3.61. The van der Waals surface area contributed by atoms with Gasteiger partial charge in [0.25, 0.3) is 5.91 Å². The minimum Gasteiger partial charge on any atom is -0.493 e. The highest BCUT2D eigenvalue weighted by atomic mass is 16.5. The number of carbonyl (C=O) groups is 1. The summed E-state index contributed by atoms with van der Waals surface area (Å²) in [6, 6.07) is 15.5. The first-order chi connectivity index (χ1) is 12.7. The van der Waals surface area contributed by atoms with Crippen LogP contribution in [0.25, 0.3) is 0 Å². The van der Waals surface area contributed by atoms with E-state index >= 15 is 0 Å². The van der Waals surface area contributed by atoms with Crippen molar-refractivity contribution in [3.05, 3.63) is 64.7 Å². The second-order valence-corrected chi connectivity index (χ2v) is 6.80. The molecule has 0 atom stereocenters. The first-order valence-corrected chi connectivity index (χ1v) is 8.99. The lowest BCUT2D eigenvalue weighted by molar-refractivity contribution is 0.0628. The second-order valence-electron chi connectivity index (χ2n) is 6.80. The summed E-state index contributed by atoms with van der Waals surface area (Å²) >= 11 is 0. The fourth-order valence-corrected chi connectivity index (χ4v) is 3.61. The van der Waals surface area contributed by atoms with Gasteiger partial charge in [-0.1, -0.05) is 18.2 Å². The number of carbonyl (C=O) groups excluding carboxylic acids is 1. The molecule has 5 nitrogen and oxygen atoms in total. The zero-order chi connectivity index (χ0) is 17.9. The van der Waals surface area contributed by atoms with Crippen molar-refractivity contribution in [3.63, 3.8) is 0 Å². The lowest BCUT2D eigenvalue weighted by atomic mass is 10.1. The van der Waals surface area contributed by atoms with Gasteiger partial charge in [0.2, 0.25) is 0 Å². The zero-order valence-electron chi connectivity index (χ0n) is 14.6. The first-order valence-electron chi connectivity index (χ1n) is 8.99. The van der Waals surface area contributed by atoms with E-state index in [-0.39, 0.29) is 5.91 Å². The smallest absolute Gasteiger partial charge is 0.253 e. The van der Waals surface area contributed by atoms with Gasteiger partial charge >= 0.3 is 0 Å². The number of fused-ring (bicyclic) bond motifs is 1. The minimum absolute atomic E-state index is 0.0106. The van der Waals surface area contributed by atoms with Crippen LogP contribution in [-0.2, 0) is 13.0 Å². The Bertz CT molecular complexity index is 864. The molecular weight excluding hydrogens is 326 g/mol. The summed E-state index contributed by atoms with van der Waals surface area (Å²) in [5.41, 5.74) is 3.72. The van der Waals surface area contributed by atoms with Crippen molar-refractivity contribution in [3.8, 4) is 11.8 Å². The molecule has 2 aliphatic rings. The van der Waals surface area contributed by atoms with Crippen LogP contribution in [0, 0.1) is 11.3 Å². The number of hydrogen-bond acceptors (Lipinski definition) is 4. The van der Waals surface area contributed by atoms with Gasteiger partial charge in [0.15, 0.2) is 0 Å². The molecule has 0 spiro atoms. The van der Waals surface area contributed by atoms with Crippen LogP contribution in [0.1, 0.15) is 27.0 Å². The zero-order valence-corrected chi connectivity index (χ0v) is 14.6. The van der Waals surface area contributed by atoms with E-state index in [1.807, 2.05) is 4.90 Å². The Balaban J connectivity index is 1.35. The summed E-state index contributed by atoms with van der Waals surface area (Å²) in [6.07, 6.45) is 0.993. The van der Waals surface area contributed by atoms with Gasteiger partial charge in [-0.05, 0) is 35.4 Å². The van der Waals surface area contributed by atoms with E-state index in [0.29, 0.717) is 24.2 Å². The lowest BCUT2D eigenvalue weighted by Gasteiger charge is -2.34. The Kier molecular flexibility index (Phi) is 4.59. The van der Waals surface area contributed by atoms with Crippen LogP contribution in [-0.4, -0.2) is 48.5 Å². The molecule has 4 rings (SSSR count). The van der Waals surface area contributed by atoms with Crippen molar-refractivity contribution in [2.24, 2.45) is 0 Å². The molecule has 0 aromatic heterocycles. The highest BCUT2D eigenvalue weighted by Crippen LogP contribution is 2.26. The number of hydrogen-bond donors (Lipinski definition) is 0. The molecule has 5 heteroatoms. The Morgan fingerprint density at radius 1 is 1.12 bits per heavy atom. The molecule has 0 N–H and O–H groups in total. The summed E-state index contributed by atoms with van der Waals surface area (Å²) in [4.78, 5) is 16.9. The van der Waals surface area contributed by atoms with E-state index in [1.165, 1.54) is 11.1 Å². The van der Waals surface area contributed by atoms with Gasteiger partial charge in [-0.3, -0.25) is 9.69 Å². The molecule has 2 aromatic carbocycles. The van der Waals surface area contributed by atoms with E-state index in [4.69, 9.17) is 10.00 Å². The van der Waals surface area contributed by atoms with Crippen LogP contribution in [0.4, 0.5) is 0 Å². The summed E-state index contributed by atoms with van der Waals surface area (Å²) < 4.78 is 5.56. The number of piperazine rings is 1. The van der Waals surface area contributed by atoms with Crippen molar-refractivity contribution >= 4 is 5.91 Å². The third kappa shape index (κ3) is 3.42. The number of rotatable bonds is 3. The lowest BCUT2D eigenvalue weighted by Crippen LogP contribution is -2.48. The Hall–Kier alpha value is -2.84. The topological polar surface area (TPSA) is 56.6 Å². The van der Waals surface area contributed by atoms with Crippen LogP contribution in [0.2, 0.25) is 0 Å². The van der Waals surface area contributed by atoms with Gasteiger partial charge in [-0.25, -0.2) is 0 Å². The molecule has 2 heterocycles. The molecule has 132 valence electrons. The van der Waals surface area contributed by atoms with Crippen molar-refractivity contribution < 1.29 is 9.53 Å². The maximum atomic E-state index is 12.6. The van der Waals surface area contributed by atoms with Crippen LogP contribution < -0.4 is 4.74 Å². The average molecular weight is 347 g/mol. The summed E-state index contributed by atoms with van der Waals surface area (Å²) in [7, 11) is 0. The number of amides is 1. The van der Waals surface area contributed by atoms with E-state index < -0.39 is 0 Å². The van der Waals surface area contributed by atoms with E-state index in [9.17, 15) is 4.79 Å². The summed E-state index contributed by atoms with van der Waals surface area (Å²) in [5, 5.41) is 9.00. The third-order valence-electron chi connectivity index (χ3n) is 5.06. The molecule has 1 fully saturated rings. The predicted octanol–water partition coefficient (Wildman–Crippen LogP) is 2.45.